The summed E-state index contributed by atoms with van der Waals surface area (Å²) < 4.78 is 11.1. The van der Waals surface area contributed by atoms with Crippen molar-refractivity contribution < 1.29 is 29.7 Å². The molecule has 0 aromatic heterocycles. The molecule has 0 saturated carbocycles. The fourth-order valence-corrected chi connectivity index (χ4v) is 2.97. The van der Waals surface area contributed by atoms with Gasteiger partial charge in [0, 0.05) is 11.3 Å². The second-order valence-corrected chi connectivity index (χ2v) is 6.82. The molecule has 0 aliphatic heterocycles. The number of aliphatic hydroxyl groups is 1. The van der Waals surface area contributed by atoms with Crippen molar-refractivity contribution in [3.63, 3.8) is 0 Å². The van der Waals surface area contributed by atoms with Gasteiger partial charge in [-0.25, -0.2) is 4.57 Å². The summed E-state index contributed by atoms with van der Waals surface area (Å²) in [5, 5.41) is 31.3. The van der Waals surface area contributed by atoms with Crippen LogP contribution < -0.4 is 5.09 Å². The van der Waals surface area contributed by atoms with Gasteiger partial charge in [0.1, 0.15) is 11.5 Å². The third-order valence-corrected chi connectivity index (χ3v) is 4.05. The maximum absolute atomic E-state index is 11.1. The molecule has 7 nitrogen and oxygen atoms in total. The number of benzene rings is 2. The van der Waals surface area contributed by atoms with Crippen molar-refractivity contribution in [3.8, 4) is 11.5 Å². The molecule has 6 N–H and O–H groups in total. The zero-order valence-electron chi connectivity index (χ0n) is 12.8. The van der Waals surface area contributed by atoms with E-state index in [1.54, 1.807) is 18.2 Å². The Morgan fingerprint density at radius 2 is 1.75 bits per heavy atom. The summed E-state index contributed by atoms with van der Waals surface area (Å²) in [7, 11) is -4.52. The molecule has 2 rings (SSSR count). The van der Waals surface area contributed by atoms with Crippen LogP contribution in [0.5, 0.6) is 11.5 Å². The van der Waals surface area contributed by atoms with E-state index >= 15 is 0 Å². The minimum absolute atomic E-state index is 0.0750. The normalized spacial score (nSPS) is 12.8. The summed E-state index contributed by atoms with van der Waals surface area (Å²) >= 11 is 0. The van der Waals surface area contributed by atoms with Crippen molar-refractivity contribution in [3.05, 3.63) is 53.6 Å². The minimum Gasteiger partial charge on any atom is -0.508 e. The SMILES string of the molecule is O=P(O)(O)Nc1ccc(O)cc1C(O)CCCc1cccc(O)c1. The number of nitrogens with one attached hydrogen (secondary N) is 1. The van der Waals surface area contributed by atoms with Crippen LogP contribution in [0.25, 0.3) is 0 Å². The number of phenolic OH excluding ortho intramolecular Hbond substituents is 2. The van der Waals surface area contributed by atoms with Crippen LogP contribution >= 0.6 is 7.75 Å². The first-order chi connectivity index (χ1) is 11.2. The van der Waals surface area contributed by atoms with Crippen molar-refractivity contribution in [2.45, 2.75) is 25.4 Å². The predicted octanol–water partition coefficient (Wildman–Crippen LogP) is 2.66. The second-order valence-electron chi connectivity index (χ2n) is 5.51. The Bertz CT molecular complexity index is 745. The summed E-state index contributed by atoms with van der Waals surface area (Å²) in [4.78, 5) is 18.1. The van der Waals surface area contributed by atoms with E-state index in [-0.39, 0.29) is 22.7 Å². The quantitative estimate of drug-likeness (QED) is 0.333. The highest BCUT2D eigenvalue weighted by Gasteiger charge is 2.19. The van der Waals surface area contributed by atoms with E-state index in [0.717, 1.165) is 5.56 Å². The maximum Gasteiger partial charge on any atom is 0.427 e. The molecule has 1 unspecified atom stereocenters. The lowest BCUT2D eigenvalue weighted by atomic mass is 10.00. The molecule has 0 spiro atoms. The molecule has 0 aliphatic rings. The summed E-state index contributed by atoms with van der Waals surface area (Å²) in [5.74, 6) is 0.0717. The third-order valence-electron chi connectivity index (χ3n) is 3.51. The molecule has 0 aliphatic carbocycles. The zero-order valence-corrected chi connectivity index (χ0v) is 13.7. The van der Waals surface area contributed by atoms with Crippen molar-refractivity contribution in [1.29, 1.82) is 0 Å². The van der Waals surface area contributed by atoms with Gasteiger partial charge in [0.05, 0.1) is 6.10 Å². The molecule has 0 saturated heterocycles. The number of aliphatic hydroxyl groups excluding tert-OH is 1. The van der Waals surface area contributed by atoms with E-state index < -0.39 is 13.9 Å². The number of hydrogen-bond acceptors (Lipinski definition) is 4. The van der Waals surface area contributed by atoms with Gasteiger partial charge >= 0.3 is 7.75 Å². The molecular formula is C16H20NO6P. The molecule has 0 radical (unpaired) electrons. The number of phenols is 2. The van der Waals surface area contributed by atoms with Gasteiger partial charge in [-0.2, -0.15) is 0 Å². The molecule has 24 heavy (non-hydrogen) atoms. The van der Waals surface area contributed by atoms with Gasteiger partial charge in [0.2, 0.25) is 0 Å². The molecule has 130 valence electrons. The molecule has 1 atom stereocenters. The van der Waals surface area contributed by atoms with E-state index in [0.29, 0.717) is 19.3 Å². The lowest BCUT2D eigenvalue weighted by Crippen LogP contribution is -2.04. The van der Waals surface area contributed by atoms with Crippen molar-refractivity contribution in [2.75, 3.05) is 5.09 Å². The smallest absolute Gasteiger partial charge is 0.427 e. The highest BCUT2D eigenvalue weighted by Crippen LogP contribution is 2.40. The van der Waals surface area contributed by atoms with Crippen LogP contribution in [0.2, 0.25) is 0 Å². The average molecular weight is 353 g/mol. The highest BCUT2D eigenvalue weighted by molar-refractivity contribution is 7.53. The monoisotopic (exact) mass is 353 g/mol. The molecular weight excluding hydrogens is 333 g/mol. The Labute approximate surface area is 139 Å². The lowest BCUT2D eigenvalue weighted by molar-refractivity contribution is 0.165. The third kappa shape index (κ3) is 5.54. The molecule has 0 fully saturated rings. The standard InChI is InChI=1S/C16H20NO6P/c18-12-5-1-3-11(9-12)4-2-6-16(20)14-10-13(19)7-8-15(14)17-24(21,22)23/h1,3,5,7-10,16,18-20H,2,4,6H2,(H3,17,21,22,23). The first kappa shape index (κ1) is 18.3. The Kier molecular flexibility index (Phi) is 5.85. The second kappa shape index (κ2) is 7.68. The minimum atomic E-state index is -4.52. The van der Waals surface area contributed by atoms with Gasteiger partial charge < -0.3 is 25.1 Å². The summed E-state index contributed by atoms with van der Waals surface area (Å²) in [6.45, 7) is 0. The van der Waals surface area contributed by atoms with E-state index in [9.17, 15) is 19.9 Å². The van der Waals surface area contributed by atoms with Crippen LogP contribution in [0.1, 0.15) is 30.1 Å². The van der Waals surface area contributed by atoms with Gasteiger partial charge in [-0.15, -0.1) is 0 Å². The first-order valence-electron chi connectivity index (χ1n) is 7.37. The number of aryl methyl sites for hydroxylation is 1. The molecule has 0 amide bonds. The number of anilines is 1. The van der Waals surface area contributed by atoms with E-state index in [4.69, 9.17) is 9.79 Å². The van der Waals surface area contributed by atoms with Crippen molar-refractivity contribution >= 4 is 13.4 Å². The summed E-state index contributed by atoms with van der Waals surface area (Å²) in [6, 6.07) is 10.7. The van der Waals surface area contributed by atoms with Crippen LogP contribution in [0, 0.1) is 0 Å². The van der Waals surface area contributed by atoms with Gasteiger partial charge in [0.15, 0.2) is 0 Å². The Balaban J connectivity index is 2.04. The van der Waals surface area contributed by atoms with Crippen LogP contribution in [0.15, 0.2) is 42.5 Å². The summed E-state index contributed by atoms with van der Waals surface area (Å²) in [6.07, 6.45) is 0.555. The molecule has 2 aromatic rings. The predicted molar refractivity (Wildman–Crippen MR) is 89.8 cm³/mol. The van der Waals surface area contributed by atoms with E-state index in [1.165, 1.54) is 18.2 Å². The molecule has 2 aromatic carbocycles. The first-order valence-corrected chi connectivity index (χ1v) is 8.98. The fourth-order valence-electron chi connectivity index (χ4n) is 2.45. The van der Waals surface area contributed by atoms with Crippen LogP contribution in [-0.4, -0.2) is 25.1 Å². The van der Waals surface area contributed by atoms with Crippen molar-refractivity contribution in [2.24, 2.45) is 0 Å². The fraction of sp³-hybridized carbons (Fsp3) is 0.250. The van der Waals surface area contributed by atoms with Crippen LogP contribution in [0.4, 0.5) is 5.69 Å². The zero-order chi connectivity index (χ0) is 17.7. The van der Waals surface area contributed by atoms with E-state index in [2.05, 4.69) is 0 Å². The Hall–Kier alpha value is -2.05. The molecule has 0 heterocycles. The molecule has 0 bridgehead atoms. The maximum atomic E-state index is 11.1. The lowest BCUT2D eigenvalue weighted by Gasteiger charge is -2.17. The van der Waals surface area contributed by atoms with Crippen LogP contribution in [0.3, 0.4) is 0 Å². The molecule has 8 heteroatoms. The Morgan fingerprint density at radius 1 is 1.04 bits per heavy atom. The average Bonchev–Trinajstić information content (AvgIpc) is 2.47. The Morgan fingerprint density at radius 3 is 2.42 bits per heavy atom. The van der Waals surface area contributed by atoms with Gasteiger partial charge in [-0.1, -0.05) is 12.1 Å². The van der Waals surface area contributed by atoms with Crippen LogP contribution in [-0.2, 0) is 11.0 Å². The number of hydrogen-bond donors (Lipinski definition) is 6. The number of aromatic hydroxyl groups is 2. The summed E-state index contributed by atoms with van der Waals surface area (Å²) in [5.41, 5.74) is 1.21. The van der Waals surface area contributed by atoms with Gasteiger partial charge in [0.25, 0.3) is 0 Å². The number of rotatable bonds is 7. The largest absolute Gasteiger partial charge is 0.508 e. The van der Waals surface area contributed by atoms with E-state index in [1.807, 2.05) is 11.2 Å². The van der Waals surface area contributed by atoms with Gasteiger partial charge in [-0.05, 0) is 55.2 Å². The van der Waals surface area contributed by atoms with Crippen molar-refractivity contribution in [1.82, 2.24) is 0 Å². The van der Waals surface area contributed by atoms with Gasteiger partial charge in [-0.3, -0.25) is 5.09 Å². The highest BCUT2D eigenvalue weighted by atomic mass is 31.2. The topological polar surface area (TPSA) is 130 Å².